The van der Waals surface area contributed by atoms with Gasteiger partial charge in [-0.1, -0.05) is 19.9 Å². The summed E-state index contributed by atoms with van der Waals surface area (Å²) in [6, 6.07) is 0. The first-order valence-electron chi connectivity index (χ1n) is 10.2. The fourth-order valence-electron chi connectivity index (χ4n) is 7.75. The van der Waals surface area contributed by atoms with Gasteiger partial charge in [0.05, 0.1) is 13.0 Å². The number of carbonyl (C=O) groups is 2. The van der Waals surface area contributed by atoms with Gasteiger partial charge in [0.1, 0.15) is 5.78 Å². The summed E-state index contributed by atoms with van der Waals surface area (Å²) in [6.45, 7) is 8.32. The molecule has 0 N–H and O–H groups in total. The number of allylic oxidation sites excluding steroid dienone is 1. The molecule has 138 valence electrons. The van der Waals surface area contributed by atoms with Crippen LogP contribution in [0, 0.1) is 59.2 Å². The van der Waals surface area contributed by atoms with Crippen LogP contribution in [0.1, 0.15) is 46.0 Å². The molecule has 4 aliphatic rings. The van der Waals surface area contributed by atoms with Crippen LogP contribution in [-0.4, -0.2) is 18.9 Å². The summed E-state index contributed by atoms with van der Waals surface area (Å²) in [7, 11) is 1.52. The van der Waals surface area contributed by atoms with Gasteiger partial charge in [-0.2, -0.15) is 0 Å². The average molecular weight is 344 g/mol. The van der Waals surface area contributed by atoms with E-state index in [1.807, 2.05) is 0 Å². The molecule has 4 aliphatic carbocycles. The summed E-state index contributed by atoms with van der Waals surface area (Å²) >= 11 is 0. The first-order valence-corrected chi connectivity index (χ1v) is 10.2. The Kier molecular flexibility index (Phi) is 4.32. The maximum Gasteiger partial charge on any atom is 0.309 e. The molecule has 0 heterocycles. The number of hydrogen-bond acceptors (Lipinski definition) is 3. The molecule has 0 aromatic carbocycles. The Morgan fingerprint density at radius 3 is 2.12 bits per heavy atom. The van der Waals surface area contributed by atoms with E-state index in [-0.39, 0.29) is 17.8 Å². The second-order valence-electron chi connectivity index (χ2n) is 9.37. The van der Waals surface area contributed by atoms with Gasteiger partial charge in [0.25, 0.3) is 0 Å². The molecule has 0 saturated heterocycles. The van der Waals surface area contributed by atoms with Gasteiger partial charge in [-0.15, -0.1) is 6.58 Å². The van der Waals surface area contributed by atoms with E-state index < -0.39 is 0 Å². The van der Waals surface area contributed by atoms with Crippen molar-refractivity contribution >= 4 is 11.8 Å². The Hall–Kier alpha value is -1.12. The van der Waals surface area contributed by atoms with Crippen LogP contribution >= 0.6 is 0 Å². The minimum absolute atomic E-state index is 0.000878. The van der Waals surface area contributed by atoms with Crippen molar-refractivity contribution in [2.24, 2.45) is 59.2 Å². The molecule has 10 atom stereocenters. The van der Waals surface area contributed by atoms with Crippen LogP contribution in [0.25, 0.3) is 0 Å². The number of esters is 1. The minimum Gasteiger partial charge on any atom is -0.469 e. The van der Waals surface area contributed by atoms with Crippen LogP contribution in [0.4, 0.5) is 0 Å². The van der Waals surface area contributed by atoms with E-state index in [1.54, 1.807) is 6.08 Å². The highest BCUT2D eigenvalue weighted by Gasteiger charge is 2.61. The smallest absolute Gasteiger partial charge is 0.309 e. The maximum atomic E-state index is 12.7. The van der Waals surface area contributed by atoms with Gasteiger partial charge in [0.2, 0.25) is 0 Å². The normalized spacial score (nSPS) is 50.2. The van der Waals surface area contributed by atoms with E-state index in [4.69, 9.17) is 4.74 Å². The van der Waals surface area contributed by atoms with E-state index in [9.17, 15) is 9.59 Å². The highest BCUT2D eigenvalue weighted by molar-refractivity contribution is 5.83. The molecule has 4 saturated carbocycles. The SMILES string of the molecule is C=CCC(=O)C1C(C)C2CC(C3CC4CC3C(C)C4C(=O)OC)C1C2. The third-order valence-electron chi connectivity index (χ3n) is 8.66. The van der Waals surface area contributed by atoms with Crippen molar-refractivity contribution < 1.29 is 14.3 Å². The number of carbonyl (C=O) groups excluding carboxylic acids is 2. The first kappa shape index (κ1) is 17.3. The zero-order valence-electron chi connectivity index (χ0n) is 15.8. The Morgan fingerprint density at radius 2 is 1.52 bits per heavy atom. The molecule has 0 spiro atoms. The van der Waals surface area contributed by atoms with Gasteiger partial charge in [0.15, 0.2) is 0 Å². The second-order valence-corrected chi connectivity index (χ2v) is 9.37. The lowest BCUT2D eigenvalue weighted by molar-refractivity contribution is -0.150. The average Bonchev–Trinajstić information content (AvgIpc) is 3.31. The summed E-state index contributed by atoms with van der Waals surface area (Å²) in [6.07, 6.45) is 7.24. The largest absolute Gasteiger partial charge is 0.469 e. The zero-order valence-corrected chi connectivity index (χ0v) is 15.8. The third kappa shape index (κ3) is 2.44. The number of fused-ring (bicyclic) bond motifs is 4. The fourth-order valence-corrected chi connectivity index (χ4v) is 7.75. The highest BCUT2D eigenvalue weighted by atomic mass is 16.5. The molecule has 0 aromatic heterocycles. The predicted molar refractivity (Wildman–Crippen MR) is 96.6 cm³/mol. The van der Waals surface area contributed by atoms with Crippen molar-refractivity contribution in [1.29, 1.82) is 0 Å². The van der Waals surface area contributed by atoms with E-state index in [0.29, 0.717) is 47.7 Å². The minimum atomic E-state index is -0.000878. The van der Waals surface area contributed by atoms with Gasteiger partial charge >= 0.3 is 5.97 Å². The lowest BCUT2D eigenvalue weighted by Crippen LogP contribution is -2.40. The molecule has 0 aromatic rings. The van der Waals surface area contributed by atoms with Crippen molar-refractivity contribution in [2.45, 2.75) is 46.0 Å². The standard InChI is InChI=1S/C22H32O3/c1-5-6-19(23)21-11(2)13-7-17(18(21)8-13)16-10-14-9-15(16)12(3)20(14)22(24)25-4/h5,11-18,20-21H,1,6-10H2,2-4H3. The molecular formula is C22H32O3. The second kappa shape index (κ2) is 6.25. The van der Waals surface area contributed by atoms with Gasteiger partial charge in [-0.3, -0.25) is 9.59 Å². The van der Waals surface area contributed by atoms with Crippen LogP contribution < -0.4 is 0 Å². The van der Waals surface area contributed by atoms with E-state index in [0.717, 1.165) is 11.8 Å². The van der Waals surface area contributed by atoms with Crippen LogP contribution in [0.15, 0.2) is 12.7 Å². The van der Waals surface area contributed by atoms with Crippen LogP contribution in [-0.2, 0) is 14.3 Å². The van der Waals surface area contributed by atoms with E-state index >= 15 is 0 Å². The number of ether oxygens (including phenoxy) is 1. The summed E-state index contributed by atoms with van der Waals surface area (Å²) in [5, 5.41) is 0. The molecule has 4 bridgehead atoms. The fraction of sp³-hybridized carbons (Fsp3) is 0.818. The third-order valence-corrected chi connectivity index (χ3v) is 8.66. The van der Waals surface area contributed by atoms with E-state index in [2.05, 4.69) is 20.4 Å². The molecule has 25 heavy (non-hydrogen) atoms. The molecule has 3 heteroatoms. The maximum absolute atomic E-state index is 12.7. The van der Waals surface area contributed by atoms with Crippen molar-refractivity contribution in [3.63, 3.8) is 0 Å². The van der Waals surface area contributed by atoms with Crippen molar-refractivity contribution in [3.8, 4) is 0 Å². The highest BCUT2D eigenvalue weighted by Crippen LogP contribution is 2.65. The topological polar surface area (TPSA) is 43.4 Å². The summed E-state index contributed by atoms with van der Waals surface area (Å²) in [4.78, 5) is 24.8. The van der Waals surface area contributed by atoms with Crippen LogP contribution in [0.3, 0.4) is 0 Å². The quantitative estimate of drug-likeness (QED) is 0.556. The molecule has 4 rings (SSSR count). The Balaban J connectivity index is 1.50. The van der Waals surface area contributed by atoms with Crippen molar-refractivity contribution in [3.05, 3.63) is 12.7 Å². The van der Waals surface area contributed by atoms with Crippen LogP contribution in [0.2, 0.25) is 0 Å². The number of ketones is 1. The molecule has 0 amide bonds. The molecule has 0 radical (unpaired) electrons. The lowest BCUT2D eigenvalue weighted by Gasteiger charge is -2.42. The van der Waals surface area contributed by atoms with Crippen LogP contribution in [0.5, 0.6) is 0 Å². The van der Waals surface area contributed by atoms with Gasteiger partial charge in [-0.05, 0) is 73.0 Å². The summed E-state index contributed by atoms with van der Waals surface area (Å²) < 4.78 is 5.06. The van der Waals surface area contributed by atoms with Gasteiger partial charge in [-0.25, -0.2) is 0 Å². The Bertz CT molecular complexity index is 580. The Labute approximate surface area is 151 Å². The first-order chi connectivity index (χ1) is 12.0. The lowest BCUT2D eigenvalue weighted by atomic mass is 9.62. The number of rotatable bonds is 5. The molecular weight excluding hydrogens is 312 g/mol. The van der Waals surface area contributed by atoms with Gasteiger partial charge < -0.3 is 4.74 Å². The van der Waals surface area contributed by atoms with Gasteiger partial charge in [0, 0.05) is 12.3 Å². The number of hydrogen-bond donors (Lipinski definition) is 0. The van der Waals surface area contributed by atoms with Crippen molar-refractivity contribution in [2.75, 3.05) is 7.11 Å². The monoisotopic (exact) mass is 344 g/mol. The number of methoxy groups -OCH3 is 1. The molecule has 4 fully saturated rings. The number of Topliss-reactive ketones (excluding diaryl/α,β-unsaturated/α-hetero) is 1. The zero-order chi connectivity index (χ0) is 17.9. The summed E-state index contributed by atoms with van der Waals surface area (Å²) in [5.41, 5.74) is 0. The summed E-state index contributed by atoms with van der Waals surface area (Å²) in [5.74, 6) is 5.69. The van der Waals surface area contributed by atoms with Crippen molar-refractivity contribution in [1.82, 2.24) is 0 Å². The molecule has 3 nitrogen and oxygen atoms in total. The predicted octanol–water partition coefficient (Wildman–Crippen LogP) is 4.12. The molecule has 10 unspecified atom stereocenters. The Morgan fingerprint density at radius 1 is 0.920 bits per heavy atom. The van der Waals surface area contributed by atoms with E-state index in [1.165, 1.54) is 32.8 Å². The molecule has 0 aliphatic heterocycles.